The molecule has 4 rings (SSSR count). The molecule has 0 radical (unpaired) electrons. The van der Waals surface area contributed by atoms with Crippen LogP contribution in [-0.2, 0) is 6.54 Å². The van der Waals surface area contributed by atoms with Crippen LogP contribution in [0.25, 0.3) is 33.5 Å². The van der Waals surface area contributed by atoms with Gasteiger partial charge in [0.2, 0.25) is 0 Å². The summed E-state index contributed by atoms with van der Waals surface area (Å²) in [6, 6.07) is 6.21. The molecule has 33 heavy (non-hydrogen) atoms. The van der Waals surface area contributed by atoms with Gasteiger partial charge < -0.3 is 25.0 Å². The van der Waals surface area contributed by atoms with Gasteiger partial charge in [-0.3, -0.25) is 4.68 Å². The fourth-order valence-corrected chi connectivity index (χ4v) is 3.44. The molecular formula is C23H29N7O3. The van der Waals surface area contributed by atoms with Crippen LogP contribution in [-0.4, -0.2) is 73.6 Å². The standard InChI is InChI=1S/C23H29N7O3/c1-14-6-7-15-17(10-14)30(9-8-29(4)5)28-19(15)16-11-24-21-20(26-16)18(12-25-21)33-22(32)27-23(2,3)13-31/h6-7,10-12,31H,8-9,13H2,1-5H3,(H,24,25)(H,27,32). The summed E-state index contributed by atoms with van der Waals surface area (Å²) < 4.78 is 7.43. The highest BCUT2D eigenvalue weighted by Crippen LogP contribution is 2.30. The van der Waals surface area contributed by atoms with Crippen molar-refractivity contribution in [3.05, 3.63) is 36.2 Å². The molecule has 0 bridgehead atoms. The Hall–Kier alpha value is -3.50. The zero-order valence-electron chi connectivity index (χ0n) is 19.5. The molecule has 1 aromatic carbocycles. The Bertz CT molecular complexity index is 1310. The van der Waals surface area contributed by atoms with Crippen LogP contribution < -0.4 is 10.1 Å². The summed E-state index contributed by atoms with van der Waals surface area (Å²) in [5.41, 5.74) is 3.60. The Labute approximate surface area is 191 Å². The number of aliphatic hydroxyl groups is 1. The van der Waals surface area contributed by atoms with E-state index >= 15 is 0 Å². The molecule has 4 aromatic rings. The number of fused-ring (bicyclic) bond motifs is 2. The Morgan fingerprint density at radius 1 is 1.33 bits per heavy atom. The molecule has 0 aliphatic rings. The average Bonchev–Trinajstić information content (AvgIpc) is 3.32. The number of nitrogens with zero attached hydrogens (tertiary/aromatic N) is 5. The molecule has 0 atom stereocenters. The zero-order valence-corrected chi connectivity index (χ0v) is 19.5. The number of hydrogen-bond acceptors (Lipinski definition) is 7. The van der Waals surface area contributed by atoms with Crippen LogP contribution in [0, 0.1) is 6.92 Å². The number of nitrogens with one attached hydrogen (secondary N) is 2. The van der Waals surface area contributed by atoms with E-state index in [1.165, 1.54) is 6.20 Å². The minimum absolute atomic E-state index is 0.219. The number of aryl methyl sites for hydroxylation is 1. The zero-order chi connectivity index (χ0) is 23.8. The first kappa shape index (κ1) is 22.7. The van der Waals surface area contributed by atoms with E-state index in [0.29, 0.717) is 16.9 Å². The lowest BCUT2D eigenvalue weighted by molar-refractivity contribution is 0.159. The third-order valence-electron chi connectivity index (χ3n) is 5.29. The number of H-pyrrole nitrogens is 1. The summed E-state index contributed by atoms with van der Waals surface area (Å²) in [4.78, 5) is 26.6. The predicted octanol–water partition coefficient (Wildman–Crippen LogP) is 2.70. The van der Waals surface area contributed by atoms with E-state index in [2.05, 4.69) is 33.2 Å². The maximum atomic E-state index is 12.3. The Morgan fingerprint density at radius 3 is 2.85 bits per heavy atom. The minimum Gasteiger partial charge on any atom is -0.406 e. The van der Waals surface area contributed by atoms with Gasteiger partial charge in [-0.1, -0.05) is 12.1 Å². The van der Waals surface area contributed by atoms with Crippen molar-refractivity contribution < 1.29 is 14.6 Å². The maximum Gasteiger partial charge on any atom is 0.413 e. The van der Waals surface area contributed by atoms with Gasteiger partial charge in [0.25, 0.3) is 0 Å². The topological polar surface area (TPSA) is 121 Å². The predicted molar refractivity (Wildman–Crippen MR) is 126 cm³/mol. The monoisotopic (exact) mass is 451 g/mol. The van der Waals surface area contributed by atoms with E-state index < -0.39 is 11.6 Å². The number of ether oxygens (including phenoxy) is 1. The molecule has 10 nitrogen and oxygen atoms in total. The molecule has 174 valence electrons. The normalized spacial score (nSPS) is 12.1. The third kappa shape index (κ3) is 4.81. The van der Waals surface area contributed by atoms with Gasteiger partial charge >= 0.3 is 6.09 Å². The van der Waals surface area contributed by atoms with E-state index in [1.54, 1.807) is 20.0 Å². The Kier molecular flexibility index (Phi) is 6.05. The molecule has 0 saturated carbocycles. The van der Waals surface area contributed by atoms with Gasteiger partial charge in [-0.05, 0) is 46.5 Å². The van der Waals surface area contributed by atoms with E-state index in [0.717, 1.165) is 35.2 Å². The van der Waals surface area contributed by atoms with Crippen molar-refractivity contribution in [2.75, 3.05) is 27.2 Å². The van der Waals surface area contributed by atoms with Crippen molar-refractivity contribution in [3.8, 4) is 17.1 Å². The molecule has 3 heterocycles. The van der Waals surface area contributed by atoms with E-state index in [9.17, 15) is 9.90 Å². The number of carbonyl (C=O) groups excluding carboxylic acids is 1. The summed E-state index contributed by atoms with van der Waals surface area (Å²) in [5, 5.41) is 17.8. The van der Waals surface area contributed by atoms with Crippen molar-refractivity contribution in [2.45, 2.75) is 32.9 Å². The second-order valence-corrected chi connectivity index (χ2v) is 9.06. The number of rotatable bonds is 7. The molecule has 0 fully saturated rings. The molecular weight excluding hydrogens is 422 g/mol. The number of carbonyl (C=O) groups is 1. The fourth-order valence-electron chi connectivity index (χ4n) is 3.44. The van der Waals surface area contributed by atoms with Gasteiger partial charge in [-0.15, -0.1) is 0 Å². The molecule has 0 unspecified atom stereocenters. The van der Waals surface area contributed by atoms with Crippen molar-refractivity contribution >= 4 is 28.2 Å². The van der Waals surface area contributed by atoms with E-state index in [4.69, 9.17) is 14.8 Å². The smallest absolute Gasteiger partial charge is 0.406 e. The molecule has 0 aliphatic carbocycles. The first-order valence-corrected chi connectivity index (χ1v) is 10.7. The lowest BCUT2D eigenvalue weighted by atomic mass is 10.1. The molecule has 0 aliphatic heterocycles. The first-order valence-electron chi connectivity index (χ1n) is 10.7. The van der Waals surface area contributed by atoms with Gasteiger partial charge in [-0.2, -0.15) is 5.10 Å². The fraction of sp³-hybridized carbons (Fsp3) is 0.391. The lowest BCUT2D eigenvalue weighted by Crippen LogP contribution is -2.47. The quantitative estimate of drug-likeness (QED) is 0.395. The summed E-state index contributed by atoms with van der Waals surface area (Å²) in [7, 11) is 4.06. The highest BCUT2D eigenvalue weighted by atomic mass is 16.6. The van der Waals surface area contributed by atoms with E-state index in [1.807, 2.05) is 30.9 Å². The first-order chi connectivity index (χ1) is 15.7. The number of benzene rings is 1. The van der Waals surface area contributed by atoms with Crippen LogP contribution in [0.1, 0.15) is 19.4 Å². The van der Waals surface area contributed by atoms with Gasteiger partial charge in [0, 0.05) is 18.1 Å². The van der Waals surface area contributed by atoms with Crippen LogP contribution in [0.2, 0.25) is 0 Å². The summed E-state index contributed by atoms with van der Waals surface area (Å²) >= 11 is 0. The van der Waals surface area contributed by atoms with Crippen molar-refractivity contribution in [1.82, 2.24) is 34.9 Å². The van der Waals surface area contributed by atoms with Crippen molar-refractivity contribution in [3.63, 3.8) is 0 Å². The lowest BCUT2D eigenvalue weighted by Gasteiger charge is -2.22. The van der Waals surface area contributed by atoms with E-state index in [-0.39, 0.29) is 12.4 Å². The molecule has 1 amide bonds. The number of amides is 1. The van der Waals surface area contributed by atoms with Gasteiger partial charge in [0.15, 0.2) is 16.9 Å². The van der Waals surface area contributed by atoms with Gasteiger partial charge in [0.05, 0.1) is 30.4 Å². The summed E-state index contributed by atoms with van der Waals surface area (Å²) in [6.07, 6.45) is 2.52. The minimum atomic E-state index is -0.809. The van der Waals surface area contributed by atoms with Crippen LogP contribution in [0.15, 0.2) is 30.6 Å². The number of hydrogen-bond donors (Lipinski definition) is 3. The number of aromatic nitrogens is 5. The second kappa shape index (κ2) is 8.80. The maximum absolute atomic E-state index is 12.3. The third-order valence-corrected chi connectivity index (χ3v) is 5.29. The highest BCUT2D eigenvalue weighted by molar-refractivity contribution is 5.94. The van der Waals surface area contributed by atoms with Gasteiger partial charge in [-0.25, -0.2) is 14.8 Å². The number of aliphatic hydroxyl groups excluding tert-OH is 1. The van der Waals surface area contributed by atoms with Gasteiger partial charge in [0.1, 0.15) is 11.4 Å². The second-order valence-electron chi connectivity index (χ2n) is 9.06. The molecule has 3 aromatic heterocycles. The highest BCUT2D eigenvalue weighted by Gasteiger charge is 2.22. The molecule has 3 N–H and O–H groups in total. The molecule has 0 spiro atoms. The summed E-state index contributed by atoms with van der Waals surface area (Å²) in [5.74, 6) is 0.248. The van der Waals surface area contributed by atoms with Crippen LogP contribution in [0.4, 0.5) is 4.79 Å². The van der Waals surface area contributed by atoms with Crippen molar-refractivity contribution in [2.24, 2.45) is 0 Å². The largest absolute Gasteiger partial charge is 0.413 e. The number of likely N-dealkylation sites (N-methyl/N-ethyl adjacent to an activating group) is 1. The summed E-state index contributed by atoms with van der Waals surface area (Å²) in [6.45, 7) is 6.82. The Morgan fingerprint density at radius 2 is 2.12 bits per heavy atom. The van der Waals surface area contributed by atoms with Crippen LogP contribution in [0.5, 0.6) is 5.75 Å². The number of aromatic amines is 1. The SMILES string of the molecule is Cc1ccc2c(-c3cnc4[nH]cc(OC(=O)NC(C)(C)CO)c4n3)nn(CCN(C)C)c2c1. The molecule has 10 heteroatoms. The van der Waals surface area contributed by atoms with Crippen LogP contribution >= 0.6 is 0 Å². The van der Waals surface area contributed by atoms with Crippen LogP contribution in [0.3, 0.4) is 0 Å². The average molecular weight is 452 g/mol. The molecule has 0 saturated heterocycles. The van der Waals surface area contributed by atoms with Crippen molar-refractivity contribution in [1.29, 1.82) is 0 Å². The Balaban J connectivity index is 1.72.